The smallest absolute Gasteiger partial charge is 0.223 e. The van der Waals surface area contributed by atoms with Crippen LogP contribution in [0.2, 0.25) is 0 Å². The number of rotatable bonds is 2. The summed E-state index contributed by atoms with van der Waals surface area (Å²) in [5.41, 5.74) is 10.4. The van der Waals surface area contributed by atoms with Crippen LogP contribution in [0.3, 0.4) is 0 Å². The second kappa shape index (κ2) is 4.73. The van der Waals surface area contributed by atoms with E-state index in [-0.39, 0.29) is 12.1 Å². The Balaban J connectivity index is 1.71. The van der Waals surface area contributed by atoms with Crippen LogP contribution in [0, 0.1) is 0 Å². The zero-order chi connectivity index (χ0) is 14.6. The van der Waals surface area contributed by atoms with Gasteiger partial charge in [0, 0.05) is 37.8 Å². The van der Waals surface area contributed by atoms with Gasteiger partial charge in [0.1, 0.15) is 0 Å². The van der Waals surface area contributed by atoms with Gasteiger partial charge in [0.15, 0.2) is 0 Å². The molecular weight excluding hydrogens is 262 g/mol. The maximum absolute atomic E-state index is 12.4. The molecule has 0 spiro atoms. The Morgan fingerprint density at radius 1 is 1.19 bits per heavy atom. The second-order valence-corrected chi connectivity index (χ2v) is 6.74. The van der Waals surface area contributed by atoms with Crippen LogP contribution in [0.1, 0.15) is 42.9 Å². The molecule has 2 unspecified atom stereocenters. The zero-order valence-corrected chi connectivity index (χ0v) is 12.6. The Morgan fingerprint density at radius 3 is 2.76 bits per heavy atom. The molecule has 1 aromatic rings. The van der Waals surface area contributed by atoms with E-state index >= 15 is 0 Å². The third kappa shape index (κ3) is 2.13. The van der Waals surface area contributed by atoms with Gasteiger partial charge in [-0.1, -0.05) is 12.1 Å². The molecule has 2 heterocycles. The van der Waals surface area contributed by atoms with Crippen molar-refractivity contribution in [2.75, 3.05) is 18.5 Å². The maximum Gasteiger partial charge on any atom is 0.223 e. The molecule has 4 rings (SSSR count). The van der Waals surface area contributed by atoms with Gasteiger partial charge < -0.3 is 15.5 Å². The monoisotopic (exact) mass is 285 g/mol. The van der Waals surface area contributed by atoms with Crippen LogP contribution in [0.5, 0.6) is 0 Å². The number of fused-ring (bicyclic) bond motifs is 1. The molecule has 0 radical (unpaired) electrons. The van der Waals surface area contributed by atoms with Crippen molar-refractivity contribution in [3.63, 3.8) is 0 Å². The summed E-state index contributed by atoms with van der Waals surface area (Å²) in [7, 11) is 2.14. The minimum Gasteiger partial charge on any atom is -0.374 e. The third-order valence-corrected chi connectivity index (χ3v) is 5.20. The van der Waals surface area contributed by atoms with E-state index in [1.165, 1.54) is 16.8 Å². The van der Waals surface area contributed by atoms with E-state index in [1.54, 1.807) is 0 Å². The first-order valence-electron chi connectivity index (χ1n) is 8.06. The molecule has 2 atom stereocenters. The number of piperidine rings is 1. The summed E-state index contributed by atoms with van der Waals surface area (Å²) in [6.45, 7) is 1.08. The molecule has 112 valence electrons. The van der Waals surface area contributed by atoms with Gasteiger partial charge >= 0.3 is 0 Å². The van der Waals surface area contributed by atoms with Crippen molar-refractivity contribution in [3.05, 3.63) is 29.3 Å². The molecule has 1 amide bonds. The average Bonchev–Trinajstić information content (AvgIpc) is 3.25. The van der Waals surface area contributed by atoms with Gasteiger partial charge in [0.05, 0.1) is 6.04 Å². The van der Waals surface area contributed by atoms with Crippen LogP contribution in [0.25, 0.3) is 0 Å². The normalized spacial score (nSPS) is 29.0. The molecule has 0 aromatic heterocycles. The van der Waals surface area contributed by atoms with Gasteiger partial charge in [0.2, 0.25) is 5.91 Å². The number of anilines is 1. The third-order valence-electron chi connectivity index (χ3n) is 5.20. The Morgan fingerprint density at radius 2 is 2.00 bits per heavy atom. The number of hydrogen-bond donors (Lipinski definition) is 1. The molecular formula is C17H23N3O. The number of benzene rings is 1. The molecule has 21 heavy (non-hydrogen) atoms. The zero-order valence-electron chi connectivity index (χ0n) is 12.6. The molecule has 4 nitrogen and oxygen atoms in total. The topological polar surface area (TPSA) is 49.6 Å². The van der Waals surface area contributed by atoms with E-state index in [1.807, 2.05) is 0 Å². The van der Waals surface area contributed by atoms with Gasteiger partial charge in [-0.2, -0.15) is 0 Å². The molecule has 1 aromatic carbocycles. The van der Waals surface area contributed by atoms with Gasteiger partial charge in [-0.3, -0.25) is 4.79 Å². The molecule has 0 bridgehead atoms. The van der Waals surface area contributed by atoms with Crippen molar-refractivity contribution < 1.29 is 4.79 Å². The molecule has 2 N–H and O–H groups in total. The van der Waals surface area contributed by atoms with E-state index in [4.69, 9.17) is 5.73 Å². The number of carbonyl (C=O) groups excluding carboxylic acids is 1. The summed E-state index contributed by atoms with van der Waals surface area (Å²) < 4.78 is 0. The summed E-state index contributed by atoms with van der Waals surface area (Å²) in [6.07, 6.45) is 4.80. The molecule has 1 saturated heterocycles. The van der Waals surface area contributed by atoms with Crippen LogP contribution < -0.4 is 10.6 Å². The fraction of sp³-hybridized carbons (Fsp3) is 0.588. The standard InChI is InChI=1S/C17H23N3O/c1-19-9-8-11-10-12(2-6-15(11)19)17-14(18)5-7-16(21)20(17)13-3-4-13/h2,6,10,13-14,17H,3-5,7-9,18H2,1H3. The number of hydrogen-bond acceptors (Lipinski definition) is 3. The van der Waals surface area contributed by atoms with Crippen LogP contribution >= 0.6 is 0 Å². The number of amides is 1. The Hall–Kier alpha value is -1.55. The molecule has 3 aliphatic rings. The molecule has 2 aliphatic heterocycles. The lowest BCUT2D eigenvalue weighted by Gasteiger charge is -2.40. The molecule has 2 fully saturated rings. The quantitative estimate of drug-likeness (QED) is 0.902. The van der Waals surface area contributed by atoms with Crippen molar-refractivity contribution in [2.24, 2.45) is 5.73 Å². The summed E-state index contributed by atoms with van der Waals surface area (Å²) >= 11 is 0. The van der Waals surface area contributed by atoms with Crippen molar-refractivity contribution in [2.45, 2.75) is 50.2 Å². The first-order chi connectivity index (χ1) is 10.1. The predicted octanol–water partition coefficient (Wildman–Crippen LogP) is 1.83. The van der Waals surface area contributed by atoms with Gasteiger partial charge in [-0.05, 0) is 42.9 Å². The van der Waals surface area contributed by atoms with E-state index < -0.39 is 0 Å². The predicted molar refractivity (Wildman–Crippen MR) is 83.2 cm³/mol. The van der Waals surface area contributed by atoms with Gasteiger partial charge in [0.25, 0.3) is 0 Å². The van der Waals surface area contributed by atoms with E-state index in [9.17, 15) is 4.79 Å². The molecule has 1 saturated carbocycles. The highest BCUT2D eigenvalue weighted by molar-refractivity contribution is 5.78. The molecule has 1 aliphatic carbocycles. The van der Waals surface area contributed by atoms with E-state index in [0.717, 1.165) is 32.2 Å². The lowest BCUT2D eigenvalue weighted by Crippen LogP contribution is -2.49. The lowest BCUT2D eigenvalue weighted by atomic mass is 9.89. The molecule has 4 heteroatoms. The maximum atomic E-state index is 12.4. The van der Waals surface area contributed by atoms with E-state index in [0.29, 0.717) is 18.4 Å². The number of likely N-dealkylation sites (tertiary alicyclic amines) is 1. The van der Waals surface area contributed by atoms with E-state index in [2.05, 4.69) is 35.0 Å². The highest BCUT2D eigenvalue weighted by Crippen LogP contribution is 2.41. The fourth-order valence-electron chi connectivity index (χ4n) is 3.90. The number of likely N-dealkylation sites (N-methyl/N-ethyl adjacent to an activating group) is 1. The Bertz CT molecular complexity index is 581. The highest BCUT2D eigenvalue weighted by atomic mass is 16.2. The van der Waals surface area contributed by atoms with Crippen molar-refractivity contribution in [3.8, 4) is 0 Å². The lowest BCUT2D eigenvalue weighted by molar-refractivity contribution is -0.138. The summed E-state index contributed by atoms with van der Waals surface area (Å²) in [6, 6.07) is 7.26. The minimum atomic E-state index is 0.0699. The van der Waals surface area contributed by atoms with Gasteiger partial charge in [-0.15, -0.1) is 0 Å². The van der Waals surface area contributed by atoms with Crippen LogP contribution in [-0.2, 0) is 11.2 Å². The number of nitrogens with zero attached hydrogens (tertiary/aromatic N) is 2. The largest absolute Gasteiger partial charge is 0.374 e. The Kier molecular flexibility index (Phi) is 2.96. The second-order valence-electron chi connectivity index (χ2n) is 6.74. The summed E-state index contributed by atoms with van der Waals surface area (Å²) in [4.78, 5) is 16.7. The number of nitrogens with two attached hydrogens (primary N) is 1. The minimum absolute atomic E-state index is 0.0699. The summed E-state index contributed by atoms with van der Waals surface area (Å²) in [5.74, 6) is 0.293. The Labute approximate surface area is 125 Å². The van der Waals surface area contributed by atoms with Crippen molar-refractivity contribution in [1.82, 2.24) is 4.90 Å². The first-order valence-corrected chi connectivity index (χ1v) is 8.06. The highest BCUT2D eigenvalue weighted by Gasteiger charge is 2.43. The fourth-order valence-corrected chi connectivity index (χ4v) is 3.90. The van der Waals surface area contributed by atoms with Crippen LogP contribution in [-0.4, -0.2) is 36.5 Å². The SMILES string of the molecule is CN1CCc2cc(C3C(N)CCC(=O)N3C3CC3)ccc21. The summed E-state index contributed by atoms with van der Waals surface area (Å²) in [5, 5.41) is 0. The number of carbonyl (C=O) groups is 1. The van der Waals surface area contributed by atoms with Crippen molar-refractivity contribution >= 4 is 11.6 Å². The van der Waals surface area contributed by atoms with Crippen LogP contribution in [0.15, 0.2) is 18.2 Å². The van der Waals surface area contributed by atoms with Gasteiger partial charge in [-0.25, -0.2) is 0 Å². The first kappa shape index (κ1) is 13.1. The van der Waals surface area contributed by atoms with Crippen LogP contribution in [0.4, 0.5) is 5.69 Å². The average molecular weight is 285 g/mol. The van der Waals surface area contributed by atoms with Crippen molar-refractivity contribution in [1.29, 1.82) is 0 Å².